The van der Waals surface area contributed by atoms with Gasteiger partial charge in [0.2, 0.25) is 5.88 Å². The molecule has 1 aliphatic carbocycles. The van der Waals surface area contributed by atoms with Gasteiger partial charge in [0.05, 0.1) is 25.3 Å². The largest absolute Gasteiger partial charge is 0.476 e. The van der Waals surface area contributed by atoms with E-state index in [1.807, 2.05) is 31.7 Å². The zero-order chi connectivity index (χ0) is 28.8. The number of aliphatic hydroxyl groups excluding tert-OH is 1. The van der Waals surface area contributed by atoms with Gasteiger partial charge in [0, 0.05) is 43.7 Å². The van der Waals surface area contributed by atoms with Crippen LogP contribution in [0.4, 0.5) is 10.6 Å². The number of carbonyl (C=O) groups excluding carboxylic acids is 1. The number of aliphatic hydroxyl groups is 1. The Balaban J connectivity index is 1.31. The van der Waals surface area contributed by atoms with Crippen LogP contribution in [0, 0.1) is 16.7 Å². The number of carbonyl (C=O) groups is 1. The number of nitrogens with zero attached hydrogens (tertiary/aromatic N) is 5. The highest BCUT2D eigenvalue weighted by molar-refractivity contribution is 5.71. The molecule has 1 aromatic heterocycles. The predicted octanol–water partition coefficient (Wildman–Crippen LogP) is 4.25. The second-order valence-electron chi connectivity index (χ2n) is 13.3. The summed E-state index contributed by atoms with van der Waals surface area (Å²) in [5, 5.41) is 20.2. The number of anilines is 1. The summed E-state index contributed by atoms with van der Waals surface area (Å²) in [7, 11) is 0. The highest BCUT2D eigenvalue weighted by Gasteiger charge is 2.46. The van der Waals surface area contributed by atoms with Crippen molar-refractivity contribution in [3.63, 3.8) is 0 Å². The molecule has 4 heterocycles. The van der Waals surface area contributed by atoms with Crippen molar-refractivity contribution in [2.24, 2.45) is 5.41 Å². The summed E-state index contributed by atoms with van der Waals surface area (Å²) in [6.07, 6.45) is 4.27. The van der Waals surface area contributed by atoms with Gasteiger partial charge in [-0.3, -0.25) is 9.80 Å². The summed E-state index contributed by atoms with van der Waals surface area (Å²) >= 11 is 0. The van der Waals surface area contributed by atoms with Gasteiger partial charge in [0.15, 0.2) is 0 Å². The van der Waals surface area contributed by atoms with E-state index in [0.29, 0.717) is 37.7 Å². The molecule has 3 aliphatic heterocycles. The first-order valence-corrected chi connectivity index (χ1v) is 14.9. The van der Waals surface area contributed by atoms with Crippen molar-refractivity contribution >= 4 is 11.9 Å². The molecule has 2 bridgehead atoms. The van der Waals surface area contributed by atoms with E-state index in [1.54, 1.807) is 0 Å². The second kappa shape index (κ2) is 10.8. The van der Waals surface area contributed by atoms with E-state index < -0.39 is 5.60 Å². The van der Waals surface area contributed by atoms with Crippen LogP contribution >= 0.6 is 0 Å². The summed E-state index contributed by atoms with van der Waals surface area (Å²) in [4.78, 5) is 24.7. The van der Waals surface area contributed by atoms with E-state index in [-0.39, 0.29) is 30.2 Å². The molecule has 1 aromatic carbocycles. The Labute approximate surface area is 242 Å². The molecule has 6 rings (SSSR count). The summed E-state index contributed by atoms with van der Waals surface area (Å²) in [5.74, 6) is 1.24. The van der Waals surface area contributed by atoms with Crippen LogP contribution in [0.5, 0.6) is 5.88 Å². The molecule has 9 heteroatoms. The van der Waals surface area contributed by atoms with Gasteiger partial charge < -0.3 is 19.5 Å². The molecular formula is C32H41N5O4. The number of rotatable bonds is 7. The zero-order valence-electron chi connectivity index (χ0n) is 24.4. The Morgan fingerprint density at radius 3 is 2.46 bits per heavy atom. The fourth-order valence-corrected chi connectivity index (χ4v) is 6.54. The van der Waals surface area contributed by atoms with Gasteiger partial charge in [-0.2, -0.15) is 10.2 Å². The lowest BCUT2D eigenvalue weighted by molar-refractivity contribution is 0.0122. The number of hydrogen-bond donors (Lipinski definition) is 1. The van der Waals surface area contributed by atoms with E-state index in [0.717, 1.165) is 62.1 Å². The van der Waals surface area contributed by atoms with Crippen molar-refractivity contribution < 1.29 is 19.4 Å². The number of ether oxygens (including phenoxy) is 2. The lowest BCUT2D eigenvalue weighted by atomic mass is 9.95. The van der Waals surface area contributed by atoms with Crippen LogP contribution in [0.25, 0.3) is 0 Å². The number of piperazine rings is 1. The van der Waals surface area contributed by atoms with E-state index in [4.69, 9.17) is 14.5 Å². The van der Waals surface area contributed by atoms with Crippen LogP contribution in [-0.2, 0) is 24.2 Å². The molecular weight excluding hydrogens is 518 g/mol. The molecule has 4 aliphatic rings. The maximum Gasteiger partial charge on any atom is 0.410 e. The minimum absolute atomic E-state index is 0.0587. The second-order valence-corrected chi connectivity index (χ2v) is 13.3. The molecule has 1 N–H and O–H groups in total. The number of amides is 1. The summed E-state index contributed by atoms with van der Waals surface area (Å²) in [6, 6.07) is 13.0. The summed E-state index contributed by atoms with van der Waals surface area (Å²) in [6.45, 7) is 9.83. The molecule has 0 radical (unpaired) electrons. The highest BCUT2D eigenvalue weighted by atomic mass is 16.6. The average Bonchev–Trinajstić information content (AvgIpc) is 3.68. The molecule has 0 spiro atoms. The Bertz CT molecular complexity index is 1320. The van der Waals surface area contributed by atoms with Crippen molar-refractivity contribution in [1.82, 2.24) is 14.8 Å². The van der Waals surface area contributed by atoms with Gasteiger partial charge in [0.1, 0.15) is 23.1 Å². The van der Waals surface area contributed by atoms with Crippen molar-refractivity contribution in [3.8, 4) is 11.9 Å². The van der Waals surface area contributed by atoms with Crippen molar-refractivity contribution in [2.45, 2.75) is 83.6 Å². The normalized spacial score (nSPS) is 23.1. The number of hydrogen-bond acceptors (Lipinski definition) is 8. The third-order valence-corrected chi connectivity index (χ3v) is 8.97. The van der Waals surface area contributed by atoms with Gasteiger partial charge in [-0.1, -0.05) is 30.3 Å². The predicted molar refractivity (Wildman–Crippen MR) is 155 cm³/mol. The molecule has 41 heavy (non-hydrogen) atoms. The van der Waals surface area contributed by atoms with E-state index in [9.17, 15) is 15.2 Å². The minimum atomic E-state index is -0.535. The van der Waals surface area contributed by atoms with Gasteiger partial charge in [0.25, 0.3) is 0 Å². The third-order valence-electron chi connectivity index (χ3n) is 8.97. The Morgan fingerprint density at radius 2 is 1.85 bits per heavy atom. The van der Waals surface area contributed by atoms with Crippen LogP contribution in [0.1, 0.15) is 68.7 Å². The molecule has 9 nitrogen and oxygen atoms in total. The maximum atomic E-state index is 13.1. The van der Waals surface area contributed by atoms with Gasteiger partial charge in [-0.15, -0.1) is 0 Å². The smallest absolute Gasteiger partial charge is 0.410 e. The third kappa shape index (κ3) is 5.73. The first kappa shape index (κ1) is 27.8. The van der Waals surface area contributed by atoms with E-state index in [1.165, 1.54) is 5.56 Å². The summed E-state index contributed by atoms with van der Waals surface area (Å²) < 4.78 is 12.0. The van der Waals surface area contributed by atoms with Crippen LogP contribution in [0.15, 0.2) is 30.3 Å². The number of benzene rings is 1. The van der Waals surface area contributed by atoms with E-state index >= 15 is 0 Å². The molecule has 2 saturated heterocycles. The molecule has 2 atom stereocenters. The van der Waals surface area contributed by atoms with Crippen LogP contribution in [-0.4, -0.2) is 76.5 Å². The standard InChI is InChI=1S/C32H41N5O4/c1-31(2,3)41-30(39)37-23-9-10-24(37)18-36(17-23)28-25-11-14-35(16-22-7-5-4-6-8-22)19-27(25)26(15-33)29(34-28)40-21-32(20-38)12-13-32/h4-8,23-24,38H,9-14,16-21H2,1-3H3/t23-,24+. The SMILES string of the molecule is CC(C)(C)OC(=O)N1[C@@H]2CC[C@H]1CN(c1nc(OCC3(CO)CC3)c(C#N)c3c1CCN(Cc1ccccc1)C3)C2. The van der Waals surface area contributed by atoms with Gasteiger partial charge in [-0.25, -0.2) is 4.79 Å². The fraction of sp³-hybridized carbons (Fsp3) is 0.594. The van der Waals surface area contributed by atoms with Gasteiger partial charge >= 0.3 is 6.09 Å². The first-order chi connectivity index (χ1) is 19.7. The topological polar surface area (TPSA) is 102 Å². The van der Waals surface area contributed by atoms with Crippen LogP contribution < -0.4 is 9.64 Å². The first-order valence-electron chi connectivity index (χ1n) is 14.9. The fourth-order valence-electron chi connectivity index (χ4n) is 6.54. The number of fused-ring (bicyclic) bond motifs is 3. The Kier molecular flexibility index (Phi) is 7.33. The molecule has 2 aromatic rings. The van der Waals surface area contributed by atoms with Crippen molar-refractivity contribution in [3.05, 3.63) is 52.6 Å². The Morgan fingerprint density at radius 1 is 1.15 bits per heavy atom. The zero-order valence-corrected chi connectivity index (χ0v) is 24.4. The number of pyridine rings is 1. The highest BCUT2D eigenvalue weighted by Crippen LogP contribution is 2.46. The molecule has 218 valence electrons. The van der Waals surface area contributed by atoms with Crippen LogP contribution in [0.2, 0.25) is 0 Å². The molecule has 0 unspecified atom stereocenters. The average molecular weight is 560 g/mol. The number of aromatic nitrogens is 1. The van der Waals surface area contributed by atoms with Crippen LogP contribution in [0.3, 0.4) is 0 Å². The molecule has 3 fully saturated rings. The Hall–Kier alpha value is -3.35. The molecule has 1 saturated carbocycles. The van der Waals surface area contributed by atoms with E-state index in [2.05, 4.69) is 40.1 Å². The lowest BCUT2D eigenvalue weighted by Crippen LogP contribution is -2.57. The minimum Gasteiger partial charge on any atom is -0.476 e. The number of nitriles is 1. The maximum absolute atomic E-state index is 13.1. The van der Waals surface area contributed by atoms with Crippen molar-refractivity contribution in [2.75, 3.05) is 37.7 Å². The monoisotopic (exact) mass is 559 g/mol. The lowest BCUT2D eigenvalue weighted by Gasteiger charge is -2.43. The molecule has 1 amide bonds. The quantitative estimate of drug-likeness (QED) is 0.537. The summed E-state index contributed by atoms with van der Waals surface area (Å²) in [5.41, 5.74) is 3.10. The van der Waals surface area contributed by atoms with Gasteiger partial charge in [-0.05, 0) is 64.0 Å². The van der Waals surface area contributed by atoms with Crippen molar-refractivity contribution in [1.29, 1.82) is 5.26 Å².